The van der Waals surface area contributed by atoms with Crippen LogP contribution in [0.1, 0.15) is 0 Å². The molecule has 0 radical (unpaired) electrons. The van der Waals surface area contributed by atoms with Crippen molar-refractivity contribution >= 4 is 44.4 Å². The van der Waals surface area contributed by atoms with E-state index in [1.807, 2.05) is 0 Å². The van der Waals surface area contributed by atoms with E-state index in [1.54, 1.807) is 0 Å². The Morgan fingerprint density at radius 3 is 2.20 bits per heavy atom. The molecule has 2 fully saturated rings. The number of benzene rings is 1. The molecule has 0 saturated carbocycles. The largest absolute Gasteiger partial charge is 0.479 e. The van der Waals surface area contributed by atoms with Gasteiger partial charge in [0.15, 0.2) is 18.5 Å². The topological polar surface area (TPSA) is 320 Å². The van der Waals surface area contributed by atoms with Gasteiger partial charge in [0, 0.05) is 12.1 Å². The Balaban J connectivity index is 1.83. The summed E-state index contributed by atoms with van der Waals surface area (Å²) >= 11 is 0. The molecule has 0 spiro atoms. The predicted molar refractivity (Wildman–Crippen MR) is 127 cm³/mol. The van der Waals surface area contributed by atoms with E-state index in [9.17, 15) is 52.2 Å². The second-order valence-electron chi connectivity index (χ2n) is 8.37. The van der Waals surface area contributed by atoms with Crippen LogP contribution < -0.4 is 5.43 Å². The molecule has 1 aromatic carbocycles. The highest BCUT2D eigenvalue weighted by Gasteiger charge is 2.54. The third-order valence-electron chi connectivity index (χ3n) is 5.56. The molecule has 0 unspecified atom stereocenters. The van der Waals surface area contributed by atoms with E-state index < -0.39 is 93.4 Å². The number of nitro benzene ring substituents is 1. The molecule has 21 nitrogen and oxygen atoms in total. The second-order valence-corrected chi connectivity index (χ2v) is 10.5. The third-order valence-corrected chi connectivity index (χ3v) is 6.46. The first-order chi connectivity index (χ1) is 19.0. The smallest absolute Gasteiger partial charge is 0.397 e. The SMILES string of the molecule is O=C(O)[C@@H]1O[C@@H](O[C@H]2[C@H](O)[C@@H](/C=N/Nc3ccc([N+](=O)[O-])cc3)O[C@@H]2COS(=O)(=O)O)[C@H](OS(=O)(=O)O)[C@@H](O)[C@@H]1O. The number of carboxylic acid groups (broad SMARTS) is 1. The van der Waals surface area contributed by atoms with Crippen molar-refractivity contribution in [1.82, 2.24) is 0 Å². The summed E-state index contributed by atoms with van der Waals surface area (Å²) in [7, 11) is -10.4. The molecule has 0 bridgehead atoms. The number of hydrazone groups is 1. The van der Waals surface area contributed by atoms with Gasteiger partial charge < -0.3 is 34.6 Å². The summed E-state index contributed by atoms with van der Waals surface area (Å²) in [5.74, 6) is -1.84. The molecule has 0 amide bonds. The van der Waals surface area contributed by atoms with Gasteiger partial charge >= 0.3 is 26.8 Å². The summed E-state index contributed by atoms with van der Waals surface area (Å²) < 4.78 is 87.1. The Hall–Kier alpha value is -2.94. The molecule has 2 aliphatic heterocycles. The minimum absolute atomic E-state index is 0.209. The Kier molecular flexibility index (Phi) is 10.3. The molecule has 0 aliphatic carbocycles. The second kappa shape index (κ2) is 12.9. The number of rotatable bonds is 12. The summed E-state index contributed by atoms with van der Waals surface area (Å²) in [4.78, 5) is 21.6. The van der Waals surface area contributed by atoms with Crippen LogP contribution in [-0.4, -0.2) is 125 Å². The molecular weight excluding hydrogens is 610 g/mol. The highest BCUT2D eigenvalue weighted by Crippen LogP contribution is 2.31. The van der Waals surface area contributed by atoms with Crippen molar-refractivity contribution in [3.8, 4) is 0 Å². The van der Waals surface area contributed by atoms with Crippen molar-refractivity contribution in [2.75, 3.05) is 12.0 Å². The lowest BCUT2D eigenvalue weighted by atomic mass is 9.98. The van der Waals surface area contributed by atoms with Crippen LogP contribution in [0, 0.1) is 10.1 Å². The number of nitrogens with one attached hydrogen (secondary N) is 1. The lowest BCUT2D eigenvalue weighted by Gasteiger charge is -2.41. The van der Waals surface area contributed by atoms with Gasteiger partial charge in [-0.05, 0) is 12.1 Å². The number of aliphatic hydroxyl groups is 3. The minimum Gasteiger partial charge on any atom is -0.479 e. The standard InChI is InChI=1S/C18H23N3O18S2/c22-11-9(5-19-20-7-1-3-8(4-2-7)21(27)28)36-10(6-35-40(29,30)31)14(11)37-18-16(39-41(32,33)34)13(24)12(23)15(38-18)17(25)26/h1-5,9-16,18,20,22-24H,6H2,(H,25,26)(H,29,30,31)(H,32,33,34)/b19-5+/t9-,10-,11-,12+,13+,14-,15-,16-,18-/m1/s1. The van der Waals surface area contributed by atoms with Crippen molar-refractivity contribution in [3.05, 3.63) is 34.4 Å². The number of carbonyl (C=O) groups is 1. The van der Waals surface area contributed by atoms with Crippen LogP contribution in [0.25, 0.3) is 0 Å². The number of hydrogen-bond donors (Lipinski definition) is 7. The first-order valence-corrected chi connectivity index (χ1v) is 13.7. The molecule has 41 heavy (non-hydrogen) atoms. The maximum Gasteiger partial charge on any atom is 0.397 e. The van der Waals surface area contributed by atoms with E-state index in [2.05, 4.69) is 18.9 Å². The fourth-order valence-corrected chi connectivity index (χ4v) is 4.53. The van der Waals surface area contributed by atoms with Crippen molar-refractivity contribution in [3.63, 3.8) is 0 Å². The zero-order valence-electron chi connectivity index (χ0n) is 20.1. The van der Waals surface area contributed by atoms with Crippen molar-refractivity contribution < 1.29 is 78.7 Å². The van der Waals surface area contributed by atoms with Crippen LogP contribution in [0.2, 0.25) is 0 Å². The summed E-state index contributed by atoms with van der Waals surface area (Å²) in [6.07, 6.45) is -17.3. The molecule has 7 N–H and O–H groups in total. The molecule has 2 heterocycles. The van der Waals surface area contributed by atoms with Gasteiger partial charge in [-0.3, -0.25) is 24.6 Å². The minimum atomic E-state index is -5.37. The number of non-ortho nitro benzene ring substituents is 1. The van der Waals surface area contributed by atoms with Crippen LogP contribution in [-0.2, 0) is 48.2 Å². The van der Waals surface area contributed by atoms with Gasteiger partial charge in [0.05, 0.1) is 23.4 Å². The summed E-state index contributed by atoms with van der Waals surface area (Å²) in [5, 5.41) is 54.8. The lowest BCUT2D eigenvalue weighted by Crippen LogP contribution is -2.62. The quantitative estimate of drug-likeness (QED) is 0.0523. The van der Waals surface area contributed by atoms with Crippen molar-refractivity contribution in [2.24, 2.45) is 5.10 Å². The predicted octanol–water partition coefficient (Wildman–Crippen LogP) is -2.96. The van der Waals surface area contributed by atoms with E-state index in [-0.39, 0.29) is 11.4 Å². The number of aliphatic carboxylic acids is 1. The Morgan fingerprint density at radius 2 is 1.66 bits per heavy atom. The number of hydrogen-bond acceptors (Lipinski definition) is 17. The molecule has 23 heteroatoms. The van der Waals surface area contributed by atoms with Gasteiger partial charge in [-0.25, -0.2) is 13.2 Å². The molecule has 3 rings (SSSR count). The molecule has 2 saturated heterocycles. The van der Waals surface area contributed by atoms with Crippen LogP contribution in [0.3, 0.4) is 0 Å². The number of carboxylic acids is 1. The van der Waals surface area contributed by atoms with E-state index in [1.165, 1.54) is 12.1 Å². The number of nitro groups is 1. The monoisotopic (exact) mass is 633 g/mol. The molecular formula is C18H23N3O18S2. The Bertz CT molecular complexity index is 1340. The first kappa shape index (κ1) is 32.6. The number of anilines is 1. The maximum absolute atomic E-state index is 11.5. The fraction of sp³-hybridized carbons (Fsp3) is 0.556. The normalized spacial score (nSPS) is 32.7. The van der Waals surface area contributed by atoms with Crippen LogP contribution in [0.5, 0.6) is 0 Å². The van der Waals surface area contributed by atoms with Gasteiger partial charge in [-0.1, -0.05) is 0 Å². The van der Waals surface area contributed by atoms with Crippen LogP contribution in [0.4, 0.5) is 11.4 Å². The highest BCUT2D eigenvalue weighted by atomic mass is 32.3. The van der Waals surface area contributed by atoms with E-state index in [0.717, 1.165) is 18.3 Å². The fourth-order valence-electron chi connectivity index (χ4n) is 3.74. The van der Waals surface area contributed by atoms with E-state index in [4.69, 9.17) is 23.3 Å². The van der Waals surface area contributed by atoms with Crippen LogP contribution in [0.15, 0.2) is 29.4 Å². The molecule has 2 aliphatic rings. The maximum atomic E-state index is 11.5. The summed E-state index contributed by atoms with van der Waals surface area (Å²) in [6, 6.07) is 4.92. The summed E-state index contributed by atoms with van der Waals surface area (Å²) in [5.41, 5.74) is 2.52. The lowest BCUT2D eigenvalue weighted by molar-refractivity contribution is -0.384. The molecule has 9 atom stereocenters. The number of ether oxygens (including phenoxy) is 3. The van der Waals surface area contributed by atoms with Crippen molar-refractivity contribution in [1.29, 1.82) is 0 Å². The Labute approximate surface area is 229 Å². The van der Waals surface area contributed by atoms with Gasteiger partial charge in [0.25, 0.3) is 5.69 Å². The molecule has 1 aromatic rings. The summed E-state index contributed by atoms with van der Waals surface area (Å²) in [6.45, 7) is -1.04. The highest BCUT2D eigenvalue weighted by molar-refractivity contribution is 7.81. The zero-order valence-corrected chi connectivity index (χ0v) is 21.7. The number of nitrogens with zero attached hydrogens (tertiary/aromatic N) is 2. The Morgan fingerprint density at radius 1 is 1.02 bits per heavy atom. The zero-order chi connectivity index (χ0) is 30.7. The molecule has 0 aromatic heterocycles. The number of aliphatic hydroxyl groups excluding tert-OH is 3. The molecule has 230 valence electrons. The van der Waals surface area contributed by atoms with E-state index in [0.29, 0.717) is 0 Å². The third kappa shape index (κ3) is 8.77. The van der Waals surface area contributed by atoms with Crippen molar-refractivity contribution in [2.45, 2.75) is 55.1 Å². The van der Waals surface area contributed by atoms with Gasteiger partial charge in [-0.15, -0.1) is 0 Å². The van der Waals surface area contributed by atoms with Gasteiger partial charge in [0.1, 0.15) is 36.6 Å². The average Bonchev–Trinajstić information content (AvgIpc) is 3.15. The average molecular weight is 634 g/mol. The van der Waals surface area contributed by atoms with E-state index >= 15 is 0 Å². The van der Waals surface area contributed by atoms with Gasteiger partial charge in [-0.2, -0.15) is 21.9 Å². The van der Waals surface area contributed by atoms with Gasteiger partial charge in [0.2, 0.25) is 0 Å². The van der Waals surface area contributed by atoms with Crippen LogP contribution >= 0.6 is 0 Å². The first-order valence-electron chi connectivity index (χ1n) is 11.0.